The van der Waals surface area contributed by atoms with Gasteiger partial charge < -0.3 is 19.7 Å². The Bertz CT molecular complexity index is 720. The average Bonchev–Trinajstić information content (AvgIpc) is 2.68. The summed E-state index contributed by atoms with van der Waals surface area (Å²) in [7, 11) is 0. The molecule has 1 saturated heterocycles. The molecule has 1 aliphatic rings. The number of nitrogens with one attached hydrogen (secondary N) is 1. The number of rotatable bonds is 6. The maximum atomic E-state index is 12.6. The molecule has 2 unspecified atom stereocenters. The topological polar surface area (TPSA) is 50.8 Å². The van der Waals surface area contributed by atoms with Gasteiger partial charge in [0.15, 0.2) is 18.1 Å². The number of benzene rings is 2. The first-order chi connectivity index (χ1) is 12.6. The highest BCUT2D eigenvalue weighted by molar-refractivity contribution is 5.78. The Hall–Kier alpha value is -2.53. The smallest absolute Gasteiger partial charge is 0.260 e. The summed E-state index contributed by atoms with van der Waals surface area (Å²) >= 11 is 0. The average molecular weight is 354 g/mol. The largest absolute Gasteiger partial charge is 0.485 e. The third-order valence-corrected chi connectivity index (χ3v) is 4.79. The van der Waals surface area contributed by atoms with Gasteiger partial charge in [-0.2, -0.15) is 0 Å². The predicted molar refractivity (Wildman–Crippen MR) is 101 cm³/mol. The van der Waals surface area contributed by atoms with Crippen molar-refractivity contribution in [2.24, 2.45) is 0 Å². The van der Waals surface area contributed by atoms with Crippen molar-refractivity contribution in [2.75, 3.05) is 19.7 Å². The zero-order valence-corrected chi connectivity index (χ0v) is 15.4. The molecule has 2 atom stereocenters. The Morgan fingerprint density at radius 2 is 1.69 bits per heavy atom. The Morgan fingerprint density at radius 1 is 1.04 bits per heavy atom. The molecule has 1 amide bonds. The molecule has 0 saturated carbocycles. The number of ether oxygens (including phenoxy) is 2. The SMILES string of the molecule is CC1NCCN(C(=O)COc2ccccc2OCc2ccccc2)C1C. The number of carbonyl (C=O) groups is 1. The summed E-state index contributed by atoms with van der Waals surface area (Å²) in [4.78, 5) is 14.4. The van der Waals surface area contributed by atoms with Crippen LogP contribution in [0.5, 0.6) is 11.5 Å². The molecule has 1 aliphatic heterocycles. The Balaban J connectivity index is 1.58. The van der Waals surface area contributed by atoms with Gasteiger partial charge in [0.2, 0.25) is 0 Å². The maximum absolute atomic E-state index is 12.6. The molecule has 0 radical (unpaired) electrons. The second-order valence-corrected chi connectivity index (χ2v) is 6.58. The fourth-order valence-electron chi connectivity index (χ4n) is 3.05. The molecular weight excluding hydrogens is 328 g/mol. The molecule has 0 aliphatic carbocycles. The fraction of sp³-hybridized carbons (Fsp3) is 0.381. The zero-order valence-electron chi connectivity index (χ0n) is 15.4. The molecule has 0 spiro atoms. The van der Waals surface area contributed by atoms with Gasteiger partial charge in [-0.3, -0.25) is 4.79 Å². The molecule has 1 fully saturated rings. The lowest BCUT2D eigenvalue weighted by Crippen LogP contribution is -2.58. The predicted octanol–water partition coefficient (Wildman–Crippen LogP) is 2.85. The molecule has 1 N–H and O–H groups in total. The highest BCUT2D eigenvalue weighted by Gasteiger charge is 2.28. The standard InChI is InChI=1S/C21H26N2O3/c1-16-17(2)23(13-12-22-16)21(24)15-26-20-11-7-6-10-19(20)25-14-18-8-4-3-5-9-18/h3-11,16-17,22H,12-15H2,1-2H3. The first kappa shape index (κ1) is 18.3. The van der Waals surface area contributed by atoms with Crippen LogP contribution < -0.4 is 14.8 Å². The summed E-state index contributed by atoms with van der Waals surface area (Å²) < 4.78 is 11.7. The van der Waals surface area contributed by atoms with Gasteiger partial charge in [-0.15, -0.1) is 0 Å². The third-order valence-electron chi connectivity index (χ3n) is 4.79. The maximum Gasteiger partial charge on any atom is 0.260 e. The summed E-state index contributed by atoms with van der Waals surface area (Å²) in [5.74, 6) is 1.24. The van der Waals surface area contributed by atoms with Crippen molar-refractivity contribution in [1.82, 2.24) is 10.2 Å². The van der Waals surface area contributed by atoms with Crippen molar-refractivity contribution in [3.63, 3.8) is 0 Å². The number of amides is 1. The fourth-order valence-corrected chi connectivity index (χ4v) is 3.05. The number of hydrogen-bond acceptors (Lipinski definition) is 4. The normalized spacial score (nSPS) is 19.8. The van der Waals surface area contributed by atoms with Gasteiger partial charge in [-0.25, -0.2) is 0 Å². The van der Waals surface area contributed by atoms with Crippen LogP contribution in [0.15, 0.2) is 54.6 Å². The van der Waals surface area contributed by atoms with Crippen molar-refractivity contribution in [3.8, 4) is 11.5 Å². The number of carbonyl (C=O) groups excluding carboxylic acids is 1. The van der Waals surface area contributed by atoms with Crippen LogP contribution in [0.2, 0.25) is 0 Å². The van der Waals surface area contributed by atoms with E-state index in [1.165, 1.54) is 0 Å². The van der Waals surface area contributed by atoms with E-state index in [-0.39, 0.29) is 24.6 Å². The first-order valence-electron chi connectivity index (χ1n) is 9.06. The number of para-hydroxylation sites is 2. The minimum Gasteiger partial charge on any atom is -0.485 e. The van der Waals surface area contributed by atoms with Crippen molar-refractivity contribution < 1.29 is 14.3 Å². The molecule has 1 heterocycles. The van der Waals surface area contributed by atoms with Gasteiger partial charge in [-0.1, -0.05) is 42.5 Å². The Morgan fingerprint density at radius 3 is 2.42 bits per heavy atom. The second-order valence-electron chi connectivity index (χ2n) is 6.58. The van der Waals surface area contributed by atoms with E-state index in [4.69, 9.17) is 9.47 Å². The molecular formula is C21H26N2O3. The molecule has 138 valence electrons. The lowest BCUT2D eigenvalue weighted by atomic mass is 10.1. The van der Waals surface area contributed by atoms with Gasteiger partial charge in [0, 0.05) is 25.2 Å². The minimum absolute atomic E-state index is 0.00344. The van der Waals surface area contributed by atoms with Crippen molar-refractivity contribution in [1.29, 1.82) is 0 Å². The van der Waals surface area contributed by atoms with Crippen LogP contribution in [-0.2, 0) is 11.4 Å². The van der Waals surface area contributed by atoms with Crippen LogP contribution in [0.25, 0.3) is 0 Å². The Labute approximate surface area is 154 Å². The second kappa shape index (κ2) is 8.72. The van der Waals surface area contributed by atoms with Gasteiger partial charge in [0.05, 0.1) is 0 Å². The summed E-state index contributed by atoms with van der Waals surface area (Å²) in [5, 5.41) is 3.38. The summed E-state index contributed by atoms with van der Waals surface area (Å²) in [6, 6.07) is 17.9. The zero-order chi connectivity index (χ0) is 18.4. The number of nitrogens with zero attached hydrogens (tertiary/aromatic N) is 1. The van der Waals surface area contributed by atoms with E-state index in [0.29, 0.717) is 24.7 Å². The van der Waals surface area contributed by atoms with E-state index in [1.807, 2.05) is 59.5 Å². The minimum atomic E-state index is 0.00344. The molecule has 3 rings (SSSR count). The molecule has 0 bridgehead atoms. The van der Waals surface area contributed by atoms with E-state index in [1.54, 1.807) is 0 Å². The molecule has 2 aromatic carbocycles. The summed E-state index contributed by atoms with van der Waals surface area (Å²) in [6.45, 7) is 6.15. The van der Waals surface area contributed by atoms with Gasteiger partial charge in [-0.05, 0) is 31.5 Å². The van der Waals surface area contributed by atoms with Crippen molar-refractivity contribution >= 4 is 5.91 Å². The van der Waals surface area contributed by atoms with E-state index in [9.17, 15) is 4.79 Å². The van der Waals surface area contributed by atoms with Gasteiger partial charge >= 0.3 is 0 Å². The van der Waals surface area contributed by atoms with Crippen LogP contribution in [0.1, 0.15) is 19.4 Å². The summed E-state index contributed by atoms with van der Waals surface area (Å²) in [5.41, 5.74) is 1.09. The quantitative estimate of drug-likeness (QED) is 0.867. The van der Waals surface area contributed by atoms with E-state index in [2.05, 4.69) is 19.2 Å². The van der Waals surface area contributed by atoms with E-state index >= 15 is 0 Å². The summed E-state index contributed by atoms with van der Waals surface area (Å²) in [6.07, 6.45) is 0. The third kappa shape index (κ3) is 4.55. The molecule has 26 heavy (non-hydrogen) atoms. The van der Waals surface area contributed by atoms with E-state index < -0.39 is 0 Å². The first-order valence-corrected chi connectivity index (χ1v) is 9.06. The van der Waals surface area contributed by atoms with Crippen molar-refractivity contribution in [3.05, 3.63) is 60.2 Å². The van der Waals surface area contributed by atoms with Gasteiger partial charge in [0.25, 0.3) is 5.91 Å². The van der Waals surface area contributed by atoms with Gasteiger partial charge in [0.1, 0.15) is 6.61 Å². The highest BCUT2D eigenvalue weighted by Crippen LogP contribution is 2.27. The van der Waals surface area contributed by atoms with Crippen LogP contribution in [0, 0.1) is 0 Å². The number of piperazine rings is 1. The lowest BCUT2D eigenvalue weighted by molar-refractivity contribution is -0.137. The van der Waals surface area contributed by atoms with Crippen LogP contribution in [0.4, 0.5) is 0 Å². The molecule has 5 nitrogen and oxygen atoms in total. The monoisotopic (exact) mass is 354 g/mol. The van der Waals surface area contributed by atoms with E-state index in [0.717, 1.165) is 12.1 Å². The highest BCUT2D eigenvalue weighted by atomic mass is 16.5. The number of hydrogen-bond donors (Lipinski definition) is 1. The lowest BCUT2D eigenvalue weighted by Gasteiger charge is -2.38. The van der Waals surface area contributed by atoms with Crippen molar-refractivity contribution in [2.45, 2.75) is 32.5 Å². The molecule has 5 heteroatoms. The molecule has 2 aromatic rings. The molecule has 0 aromatic heterocycles. The Kier molecular flexibility index (Phi) is 6.12. The van der Waals surface area contributed by atoms with Crippen LogP contribution in [-0.4, -0.2) is 42.6 Å². The van der Waals surface area contributed by atoms with Crippen LogP contribution in [0.3, 0.4) is 0 Å². The van der Waals surface area contributed by atoms with Crippen LogP contribution >= 0.6 is 0 Å².